The lowest BCUT2D eigenvalue weighted by atomic mass is 9.89. The number of aryl methyl sites for hydroxylation is 2. The predicted octanol–water partition coefficient (Wildman–Crippen LogP) is 8.98. The third kappa shape index (κ3) is 4.05. The van der Waals surface area contributed by atoms with Gasteiger partial charge in [-0.3, -0.25) is 4.57 Å². The molecule has 3 heterocycles. The van der Waals surface area contributed by atoms with E-state index in [1.165, 1.54) is 61.7 Å². The van der Waals surface area contributed by atoms with Crippen LogP contribution in [-0.4, -0.2) is 14.1 Å². The Morgan fingerprint density at radius 1 is 0.773 bits per heavy atom. The number of benzene rings is 5. The molecule has 7 aromatic rings. The molecule has 4 nitrogen and oxygen atoms in total. The number of hydrogen-bond donors (Lipinski definition) is 0. The molecule has 0 atom stereocenters. The highest BCUT2D eigenvalue weighted by molar-refractivity contribution is 5.88. The molecule has 214 valence electrons. The monoisotopic (exact) mass is 571 g/mol. The zero-order chi connectivity index (χ0) is 29.9. The highest BCUT2D eigenvalue weighted by Gasteiger charge is 2.33. The SMILES string of the molecule is Cc1ccc2c(c1-c1n(-c3c(-c4ccccc4)cc(C(C)C)cc3-c3ccccc3)cc[n+]1C)Cc1nc3ccccc3n1-2. The summed E-state index contributed by atoms with van der Waals surface area (Å²) in [5.74, 6) is 2.66. The predicted molar refractivity (Wildman–Crippen MR) is 180 cm³/mol. The summed E-state index contributed by atoms with van der Waals surface area (Å²) in [6.45, 7) is 6.80. The molecular weight excluding hydrogens is 536 g/mol. The normalized spacial score (nSPS) is 12.2. The van der Waals surface area contributed by atoms with Crippen LogP contribution >= 0.6 is 0 Å². The third-order valence-corrected chi connectivity index (χ3v) is 9.14. The molecule has 5 aromatic carbocycles. The maximum absolute atomic E-state index is 5.05. The van der Waals surface area contributed by atoms with Crippen LogP contribution in [0.1, 0.15) is 42.3 Å². The fourth-order valence-electron chi connectivity index (χ4n) is 6.96. The van der Waals surface area contributed by atoms with Crippen LogP contribution in [0.3, 0.4) is 0 Å². The molecule has 0 spiro atoms. The van der Waals surface area contributed by atoms with Crippen LogP contribution in [0.15, 0.2) is 122 Å². The van der Waals surface area contributed by atoms with Gasteiger partial charge in [-0.2, -0.15) is 4.57 Å². The molecule has 4 heteroatoms. The largest absolute Gasteiger partial charge is 0.296 e. The number of rotatable bonds is 5. The number of para-hydroxylation sites is 2. The lowest BCUT2D eigenvalue weighted by Gasteiger charge is -2.19. The van der Waals surface area contributed by atoms with Gasteiger partial charge < -0.3 is 0 Å². The van der Waals surface area contributed by atoms with Crippen molar-refractivity contribution in [3.63, 3.8) is 0 Å². The average molecular weight is 572 g/mol. The van der Waals surface area contributed by atoms with E-state index in [4.69, 9.17) is 4.98 Å². The molecule has 0 aliphatic carbocycles. The second-order valence-corrected chi connectivity index (χ2v) is 12.2. The van der Waals surface area contributed by atoms with E-state index < -0.39 is 0 Å². The van der Waals surface area contributed by atoms with Gasteiger partial charge in [0.1, 0.15) is 23.9 Å². The van der Waals surface area contributed by atoms with E-state index in [2.05, 4.69) is 163 Å². The Morgan fingerprint density at radius 2 is 1.41 bits per heavy atom. The first-order valence-electron chi connectivity index (χ1n) is 15.5. The second kappa shape index (κ2) is 10.2. The van der Waals surface area contributed by atoms with Gasteiger partial charge in [-0.25, -0.2) is 9.55 Å². The highest BCUT2D eigenvalue weighted by Crippen LogP contribution is 2.43. The second-order valence-electron chi connectivity index (χ2n) is 12.2. The Balaban J connectivity index is 1.44. The van der Waals surface area contributed by atoms with Crippen molar-refractivity contribution >= 4 is 11.0 Å². The molecule has 0 unspecified atom stereocenters. The molecular formula is C40H35N4+. The van der Waals surface area contributed by atoms with E-state index in [0.717, 1.165) is 23.3 Å². The van der Waals surface area contributed by atoms with Crippen molar-refractivity contribution in [1.82, 2.24) is 14.1 Å². The van der Waals surface area contributed by atoms with Gasteiger partial charge >= 0.3 is 0 Å². The third-order valence-electron chi connectivity index (χ3n) is 9.14. The van der Waals surface area contributed by atoms with E-state index >= 15 is 0 Å². The number of fused-ring (bicyclic) bond motifs is 5. The van der Waals surface area contributed by atoms with Crippen molar-refractivity contribution < 1.29 is 4.57 Å². The lowest BCUT2D eigenvalue weighted by Crippen LogP contribution is -2.30. The van der Waals surface area contributed by atoms with E-state index in [1.807, 2.05) is 0 Å². The van der Waals surface area contributed by atoms with Crippen molar-refractivity contribution in [2.45, 2.75) is 33.1 Å². The molecule has 0 saturated heterocycles. The Labute approximate surface area is 258 Å². The topological polar surface area (TPSA) is 26.6 Å². The zero-order valence-corrected chi connectivity index (χ0v) is 25.6. The molecule has 0 bridgehead atoms. The van der Waals surface area contributed by atoms with Gasteiger partial charge in [0, 0.05) is 17.5 Å². The molecule has 0 radical (unpaired) electrons. The molecule has 44 heavy (non-hydrogen) atoms. The van der Waals surface area contributed by atoms with Crippen LogP contribution in [0, 0.1) is 6.92 Å². The van der Waals surface area contributed by atoms with E-state index in [0.29, 0.717) is 5.92 Å². The fraction of sp³-hybridized carbons (Fsp3) is 0.150. The smallest absolute Gasteiger partial charge is 0.294 e. The van der Waals surface area contributed by atoms with Crippen LogP contribution in [0.25, 0.3) is 56.0 Å². The van der Waals surface area contributed by atoms with Crippen molar-refractivity contribution in [1.29, 1.82) is 0 Å². The summed E-state index contributed by atoms with van der Waals surface area (Å²) >= 11 is 0. The molecule has 0 saturated carbocycles. The first-order valence-corrected chi connectivity index (χ1v) is 15.5. The Hall–Kier alpha value is -5.22. The van der Waals surface area contributed by atoms with Gasteiger partial charge in [-0.1, -0.05) is 92.7 Å². The molecule has 1 aliphatic heterocycles. The molecule has 8 rings (SSSR count). The van der Waals surface area contributed by atoms with Gasteiger partial charge in [-0.05, 0) is 71.0 Å². The summed E-state index contributed by atoms with van der Waals surface area (Å²) < 4.78 is 7.06. The number of hydrogen-bond acceptors (Lipinski definition) is 1. The number of imidazole rings is 2. The van der Waals surface area contributed by atoms with Gasteiger partial charge in [0.05, 0.1) is 29.3 Å². The van der Waals surface area contributed by atoms with Crippen molar-refractivity contribution in [2.24, 2.45) is 7.05 Å². The van der Waals surface area contributed by atoms with Crippen LogP contribution in [0.4, 0.5) is 0 Å². The minimum Gasteiger partial charge on any atom is -0.296 e. The van der Waals surface area contributed by atoms with Gasteiger partial charge in [0.15, 0.2) is 0 Å². The van der Waals surface area contributed by atoms with Crippen LogP contribution < -0.4 is 4.57 Å². The van der Waals surface area contributed by atoms with Crippen LogP contribution in [0.2, 0.25) is 0 Å². The summed E-state index contributed by atoms with van der Waals surface area (Å²) in [6.07, 6.45) is 5.23. The van der Waals surface area contributed by atoms with Gasteiger partial charge in [0.2, 0.25) is 0 Å². The quantitative estimate of drug-likeness (QED) is 0.189. The number of nitrogens with zero attached hydrogens (tertiary/aromatic N) is 4. The first kappa shape index (κ1) is 26.4. The molecule has 0 N–H and O–H groups in total. The summed E-state index contributed by atoms with van der Waals surface area (Å²) in [7, 11) is 2.17. The Bertz CT molecular complexity index is 2120. The Kier molecular flexibility index (Phi) is 6.12. The lowest BCUT2D eigenvalue weighted by molar-refractivity contribution is -0.659. The van der Waals surface area contributed by atoms with E-state index in [1.54, 1.807) is 0 Å². The van der Waals surface area contributed by atoms with Gasteiger partial charge in [0.25, 0.3) is 5.82 Å². The summed E-state index contributed by atoms with van der Waals surface area (Å²) in [5, 5.41) is 0. The molecule has 0 amide bonds. The highest BCUT2D eigenvalue weighted by atomic mass is 15.2. The summed E-state index contributed by atoms with van der Waals surface area (Å²) in [4.78, 5) is 5.05. The molecule has 1 aliphatic rings. The van der Waals surface area contributed by atoms with Crippen molar-refractivity contribution in [2.75, 3.05) is 0 Å². The van der Waals surface area contributed by atoms with Crippen molar-refractivity contribution in [3.05, 3.63) is 144 Å². The number of aromatic nitrogens is 4. The first-order chi connectivity index (χ1) is 21.5. The average Bonchev–Trinajstić information content (AvgIpc) is 3.72. The maximum Gasteiger partial charge on any atom is 0.294 e. The zero-order valence-electron chi connectivity index (χ0n) is 25.6. The van der Waals surface area contributed by atoms with Gasteiger partial charge in [-0.15, -0.1) is 0 Å². The molecule has 2 aromatic heterocycles. The van der Waals surface area contributed by atoms with E-state index in [9.17, 15) is 0 Å². The summed E-state index contributed by atoms with van der Waals surface area (Å²) in [6, 6.07) is 39.5. The molecule has 0 fully saturated rings. The summed E-state index contributed by atoms with van der Waals surface area (Å²) in [5.41, 5.74) is 14.7. The standard InChI is InChI=1S/C40H35N4/c1-26(2)30-23-31(28-13-7-5-8-14-28)39(32(24-30)29-15-9-6-10-16-29)43-22-21-42(4)40(43)38-27(3)19-20-35-33(38)25-37-41-34-17-11-12-18-36(34)44(35)37/h5-24,26H,25H2,1-4H3/q+1. The minimum atomic E-state index is 0.394. The van der Waals surface area contributed by atoms with Crippen molar-refractivity contribution in [3.8, 4) is 45.0 Å². The maximum atomic E-state index is 5.05. The van der Waals surface area contributed by atoms with E-state index in [-0.39, 0.29) is 0 Å². The van der Waals surface area contributed by atoms with Crippen LogP contribution in [0.5, 0.6) is 0 Å². The minimum absolute atomic E-state index is 0.394. The fourth-order valence-corrected chi connectivity index (χ4v) is 6.96. The Morgan fingerprint density at radius 3 is 2.07 bits per heavy atom. The van der Waals surface area contributed by atoms with Crippen LogP contribution in [-0.2, 0) is 13.5 Å².